The highest BCUT2D eigenvalue weighted by Crippen LogP contribution is 2.28. The van der Waals surface area contributed by atoms with Gasteiger partial charge < -0.3 is 9.64 Å². The number of hydrogen-bond donors (Lipinski definition) is 0. The van der Waals surface area contributed by atoms with Crippen LogP contribution in [-0.2, 0) is 30.9 Å². The van der Waals surface area contributed by atoms with E-state index in [1.54, 1.807) is 35.6 Å². The number of thiophene rings is 1. The van der Waals surface area contributed by atoms with E-state index in [-0.39, 0.29) is 23.5 Å². The van der Waals surface area contributed by atoms with Gasteiger partial charge in [-0.15, -0.1) is 28.1 Å². The molecule has 6 nitrogen and oxygen atoms in total. The number of halogens is 1. The van der Waals surface area contributed by atoms with Crippen LogP contribution in [0.5, 0.6) is 5.75 Å². The maximum Gasteiger partial charge on any atom is 0.236 e. The van der Waals surface area contributed by atoms with Gasteiger partial charge in [0, 0.05) is 24.5 Å². The molecule has 1 aliphatic heterocycles. The second-order valence-corrected chi connectivity index (χ2v) is 9.46. The number of fused-ring (bicyclic) bond motifs is 1. The molecule has 1 amide bonds. The summed E-state index contributed by atoms with van der Waals surface area (Å²) < 4.78 is 21.2. The van der Waals surface area contributed by atoms with Crippen LogP contribution in [0.3, 0.4) is 0 Å². The quantitative estimate of drug-likeness (QED) is 0.372. The number of carbonyl (C=O) groups excluding carboxylic acids is 1. The van der Waals surface area contributed by atoms with Gasteiger partial charge in [0.15, 0.2) is 22.5 Å². The van der Waals surface area contributed by atoms with E-state index in [4.69, 9.17) is 4.74 Å². The number of hydrogen-bond acceptors (Lipinski definition) is 6. The second-order valence-electron chi connectivity index (χ2n) is 7.16. The lowest BCUT2D eigenvalue weighted by Crippen LogP contribution is -2.39. The van der Waals surface area contributed by atoms with Crippen LogP contribution in [0.15, 0.2) is 53.5 Å². The van der Waals surface area contributed by atoms with Crippen molar-refractivity contribution in [1.29, 1.82) is 0 Å². The minimum Gasteiger partial charge on any atom is -0.483 e. The van der Waals surface area contributed by atoms with Crippen molar-refractivity contribution in [3.8, 4) is 5.75 Å². The summed E-state index contributed by atoms with van der Waals surface area (Å²) in [5.41, 5.74) is 1.24. The Bertz CT molecular complexity index is 1080. The van der Waals surface area contributed by atoms with Gasteiger partial charge in [-0.3, -0.25) is 9.36 Å². The number of benzene rings is 1. The number of nitrogens with zero attached hydrogens (tertiary/aromatic N) is 4. The van der Waals surface area contributed by atoms with Gasteiger partial charge in [-0.25, -0.2) is 4.39 Å². The molecule has 0 spiro atoms. The fourth-order valence-electron chi connectivity index (χ4n) is 3.43. The third kappa shape index (κ3) is 4.83. The molecule has 1 atom stereocenters. The SMILES string of the molecule is C=CCn1c(COc2ccccc2F)nnc1SC(C)C(=O)N1CCc2sccc2C1. The molecule has 1 aromatic carbocycles. The molecule has 0 fully saturated rings. The Hall–Kier alpha value is -2.65. The molecule has 31 heavy (non-hydrogen) atoms. The molecule has 0 bridgehead atoms. The molecule has 162 valence electrons. The maximum absolute atomic E-state index is 13.8. The summed E-state index contributed by atoms with van der Waals surface area (Å²) in [6.07, 6.45) is 2.63. The van der Waals surface area contributed by atoms with E-state index in [9.17, 15) is 9.18 Å². The van der Waals surface area contributed by atoms with Crippen LogP contribution < -0.4 is 4.74 Å². The van der Waals surface area contributed by atoms with Crippen molar-refractivity contribution < 1.29 is 13.9 Å². The van der Waals surface area contributed by atoms with Gasteiger partial charge >= 0.3 is 0 Å². The Labute approximate surface area is 188 Å². The van der Waals surface area contributed by atoms with Crippen molar-refractivity contribution in [2.24, 2.45) is 0 Å². The fraction of sp³-hybridized carbons (Fsp3) is 0.318. The molecule has 0 saturated carbocycles. The molecule has 1 aliphatic rings. The number of rotatable bonds is 8. The highest BCUT2D eigenvalue weighted by molar-refractivity contribution is 8.00. The predicted molar refractivity (Wildman–Crippen MR) is 120 cm³/mol. The molecule has 0 N–H and O–H groups in total. The smallest absolute Gasteiger partial charge is 0.236 e. The largest absolute Gasteiger partial charge is 0.483 e. The van der Waals surface area contributed by atoms with Crippen LogP contribution in [-0.4, -0.2) is 37.4 Å². The Kier molecular flexibility index (Phi) is 6.72. The minimum atomic E-state index is -0.429. The summed E-state index contributed by atoms with van der Waals surface area (Å²) in [7, 11) is 0. The third-order valence-corrected chi connectivity index (χ3v) is 7.14. The van der Waals surface area contributed by atoms with Crippen LogP contribution in [0.1, 0.15) is 23.2 Å². The van der Waals surface area contributed by atoms with Crippen LogP contribution in [0.25, 0.3) is 0 Å². The second kappa shape index (κ2) is 9.65. The van der Waals surface area contributed by atoms with Gasteiger partial charge in [0.05, 0.1) is 5.25 Å². The number of amides is 1. The highest BCUT2D eigenvalue weighted by atomic mass is 32.2. The maximum atomic E-state index is 13.8. The minimum absolute atomic E-state index is 0.0672. The fourth-order valence-corrected chi connectivity index (χ4v) is 5.28. The normalized spacial score (nSPS) is 14.2. The van der Waals surface area contributed by atoms with Gasteiger partial charge in [0.2, 0.25) is 5.91 Å². The average molecular weight is 459 g/mol. The van der Waals surface area contributed by atoms with E-state index < -0.39 is 5.82 Å². The third-order valence-electron chi connectivity index (χ3n) is 5.05. The van der Waals surface area contributed by atoms with Gasteiger partial charge in [0.25, 0.3) is 0 Å². The zero-order chi connectivity index (χ0) is 21.8. The summed E-state index contributed by atoms with van der Waals surface area (Å²) in [6, 6.07) is 8.33. The first-order valence-corrected chi connectivity index (χ1v) is 11.7. The topological polar surface area (TPSA) is 60.2 Å². The highest BCUT2D eigenvalue weighted by Gasteiger charge is 2.27. The van der Waals surface area contributed by atoms with Crippen molar-refractivity contribution in [2.75, 3.05) is 6.54 Å². The van der Waals surface area contributed by atoms with Gasteiger partial charge in [-0.1, -0.05) is 30.0 Å². The predicted octanol–water partition coefficient (Wildman–Crippen LogP) is 4.31. The Morgan fingerprint density at radius 3 is 3.03 bits per heavy atom. The lowest BCUT2D eigenvalue weighted by molar-refractivity contribution is -0.131. The Morgan fingerprint density at radius 2 is 2.23 bits per heavy atom. The summed E-state index contributed by atoms with van der Waals surface area (Å²) in [6.45, 7) is 7.61. The van der Waals surface area contributed by atoms with Crippen LogP contribution in [0.2, 0.25) is 0 Å². The lowest BCUT2D eigenvalue weighted by atomic mass is 10.1. The first-order valence-electron chi connectivity index (χ1n) is 9.97. The van der Waals surface area contributed by atoms with Crippen molar-refractivity contribution in [3.05, 3.63) is 70.4 Å². The van der Waals surface area contributed by atoms with Crippen molar-refractivity contribution in [2.45, 2.75) is 43.4 Å². The van der Waals surface area contributed by atoms with Gasteiger partial charge in [-0.2, -0.15) is 0 Å². The number of carbonyl (C=O) groups is 1. The van der Waals surface area contributed by atoms with E-state index in [2.05, 4.69) is 28.2 Å². The first kappa shape index (κ1) is 21.6. The van der Waals surface area contributed by atoms with E-state index in [0.717, 1.165) is 13.0 Å². The van der Waals surface area contributed by atoms with E-state index in [0.29, 0.717) is 24.1 Å². The van der Waals surface area contributed by atoms with E-state index in [1.165, 1.54) is 28.3 Å². The molecular weight excluding hydrogens is 435 g/mol. The summed E-state index contributed by atoms with van der Waals surface area (Å²) in [4.78, 5) is 16.3. The van der Waals surface area contributed by atoms with Crippen LogP contribution in [0, 0.1) is 5.82 Å². The Balaban J connectivity index is 1.43. The van der Waals surface area contributed by atoms with Crippen LogP contribution in [0.4, 0.5) is 4.39 Å². The Morgan fingerprint density at radius 1 is 1.39 bits per heavy atom. The number of para-hydroxylation sites is 1. The molecule has 0 radical (unpaired) electrons. The molecule has 0 aliphatic carbocycles. The molecule has 0 saturated heterocycles. The molecule has 2 aromatic heterocycles. The average Bonchev–Trinajstić information content (AvgIpc) is 3.39. The van der Waals surface area contributed by atoms with E-state index in [1.807, 2.05) is 16.4 Å². The summed E-state index contributed by atoms with van der Waals surface area (Å²) >= 11 is 3.12. The van der Waals surface area contributed by atoms with Gasteiger partial charge in [-0.05, 0) is 42.5 Å². The number of aromatic nitrogens is 3. The molecule has 9 heteroatoms. The number of thioether (sulfide) groups is 1. The van der Waals surface area contributed by atoms with Crippen molar-refractivity contribution in [1.82, 2.24) is 19.7 Å². The van der Waals surface area contributed by atoms with Crippen molar-refractivity contribution in [3.63, 3.8) is 0 Å². The molecule has 1 unspecified atom stereocenters. The van der Waals surface area contributed by atoms with Crippen molar-refractivity contribution >= 4 is 29.0 Å². The first-order chi connectivity index (χ1) is 15.1. The molecule has 4 rings (SSSR count). The zero-order valence-corrected chi connectivity index (χ0v) is 18.8. The molecule has 3 aromatic rings. The molecular formula is C22H23FN4O2S2. The lowest BCUT2D eigenvalue weighted by Gasteiger charge is -2.29. The van der Waals surface area contributed by atoms with Gasteiger partial charge in [0.1, 0.15) is 6.61 Å². The standard InChI is InChI=1S/C22H23FN4O2S2/c1-3-10-27-20(14-29-18-7-5-4-6-17(18)23)24-25-22(27)31-15(2)21(28)26-11-8-19-16(13-26)9-12-30-19/h3-7,9,12,15H,1,8,10-11,13-14H2,2H3. The number of allylic oxidation sites excluding steroid dienone is 1. The van der Waals surface area contributed by atoms with Crippen LogP contribution >= 0.6 is 23.1 Å². The monoisotopic (exact) mass is 458 g/mol. The number of ether oxygens (including phenoxy) is 1. The summed E-state index contributed by atoms with van der Waals surface area (Å²) in [5, 5.41) is 10.8. The van der Waals surface area contributed by atoms with E-state index >= 15 is 0 Å². The summed E-state index contributed by atoms with van der Waals surface area (Å²) in [5.74, 6) is 0.359. The molecule has 3 heterocycles. The zero-order valence-electron chi connectivity index (χ0n) is 17.2.